The van der Waals surface area contributed by atoms with E-state index in [4.69, 9.17) is 5.26 Å². The van der Waals surface area contributed by atoms with Crippen LogP contribution in [0, 0.1) is 11.3 Å². The second-order valence-corrected chi connectivity index (χ2v) is 4.86. The van der Waals surface area contributed by atoms with Crippen molar-refractivity contribution in [2.45, 2.75) is 13.0 Å². The molecule has 5 nitrogen and oxygen atoms in total. The van der Waals surface area contributed by atoms with Gasteiger partial charge in [0, 0.05) is 32.5 Å². The zero-order valence-electron chi connectivity index (χ0n) is 12.2. The topological polar surface area (TPSA) is 69.8 Å². The van der Waals surface area contributed by atoms with Crippen molar-refractivity contribution in [2.24, 2.45) is 7.05 Å². The smallest absolute Gasteiger partial charge is 0.224 e. The largest absolute Gasteiger partial charge is 0.381 e. The minimum absolute atomic E-state index is 0.00373. The normalized spacial score (nSPS) is 9.95. The number of likely N-dealkylation sites (N-methyl/N-ethyl adjacent to an activating group) is 1. The number of aromatic nitrogens is 1. The molecule has 0 fully saturated rings. The molecule has 0 aliphatic heterocycles. The molecule has 2 N–H and O–H groups in total. The average molecular weight is 282 g/mol. The Hall–Kier alpha value is -2.74. The lowest BCUT2D eigenvalue weighted by atomic mass is 10.1. The van der Waals surface area contributed by atoms with Crippen molar-refractivity contribution in [3.05, 3.63) is 53.3 Å². The Morgan fingerprint density at radius 1 is 1.29 bits per heavy atom. The quantitative estimate of drug-likeness (QED) is 0.878. The summed E-state index contributed by atoms with van der Waals surface area (Å²) in [5.41, 5.74) is 3.67. The summed E-state index contributed by atoms with van der Waals surface area (Å²) in [6, 6.07) is 11.8. The van der Waals surface area contributed by atoms with Gasteiger partial charge in [0.05, 0.1) is 6.42 Å². The number of benzene rings is 1. The fraction of sp³-hybridized carbons (Fsp3) is 0.250. The number of amides is 1. The molecular formula is C16H18N4O. The van der Waals surface area contributed by atoms with Gasteiger partial charge in [-0.3, -0.25) is 4.79 Å². The van der Waals surface area contributed by atoms with Gasteiger partial charge in [0.15, 0.2) is 0 Å². The zero-order valence-corrected chi connectivity index (χ0v) is 12.2. The van der Waals surface area contributed by atoms with Gasteiger partial charge in [0.1, 0.15) is 11.8 Å². The van der Waals surface area contributed by atoms with Crippen molar-refractivity contribution < 1.29 is 4.79 Å². The van der Waals surface area contributed by atoms with E-state index in [1.54, 1.807) is 7.05 Å². The number of carbonyl (C=O) groups is 1. The van der Waals surface area contributed by atoms with Crippen LogP contribution in [0.2, 0.25) is 0 Å². The highest BCUT2D eigenvalue weighted by molar-refractivity contribution is 5.78. The molecule has 21 heavy (non-hydrogen) atoms. The molecule has 108 valence electrons. The molecule has 0 bridgehead atoms. The maximum atomic E-state index is 11.3. The van der Waals surface area contributed by atoms with E-state index in [0.29, 0.717) is 18.7 Å². The molecule has 0 aliphatic carbocycles. The summed E-state index contributed by atoms with van der Waals surface area (Å²) in [7, 11) is 3.49. The van der Waals surface area contributed by atoms with Gasteiger partial charge < -0.3 is 15.2 Å². The van der Waals surface area contributed by atoms with Crippen molar-refractivity contribution in [3.63, 3.8) is 0 Å². The molecule has 1 aromatic heterocycles. The Morgan fingerprint density at radius 2 is 2.00 bits per heavy atom. The van der Waals surface area contributed by atoms with E-state index < -0.39 is 0 Å². The molecule has 2 aromatic rings. The Labute approximate surface area is 124 Å². The van der Waals surface area contributed by atoms with Gasteiger partial charge in [0.25, 0.3) is 0 Å². The number of hydrogen-bond donors (Lipinski definition) is 2. The summed E-state index contributed by atoms with van der Waals surface area (Å²) in [5.74, 6) is 0.00373. The number of hydrogen-bond acceptors (Lipinski definition) is 3. The second-order valence-electron chi connectivity index (χ2n) is 4.86. The molecule has 0 saturated heterocycles. The predicted octanol–water partition coefficient (Wildman–Crippen LogP) is 1.80. The van der Waals surface area contributed by atoms with Crippen LogP contribution in [0.1, 0.15) is 16.8 Å². The van der Waals surface area contributed by atoms with E-state index in [0.717, 1.165) is 16.8 Å². The van der Waals surface area contributed by atoms with E-state index in [-0.39, 0.29) is 5.91 Å². The summed E-state index contributed by atoms with van der Waals surface area (Å²) in [4.78, 5) is 11.3. The van der Waals surface area contributed by atoms with Crippen LogP contribution in [0.25, 0.3) is 0 Å². The molecule has 1 amide bonds. The Bertz CT molecular complexity index is 665. The Kier molecular flexibility index (Phi) is 4.62. The van der Waals surface area contributed by atoms with Crippen molar-refractivity contribution in [1.29, 1.82) is 5.26 Å². The first-order valence-corrected chi connectivity index (χ1v) is 6.71. The fourth-order valence-corrected chi connectivity index (χ4v) is 2.06. The minimum atomic E-state index is 0.00373. The average Bonchev–Trinajstić information content (AvgIpc) is 2.86. The molecule has 1 heterocycles. The van der Waals surface area contributed by atoms with Crippen LogP contribution in [0.5, 0.6) is 0 Å². The highest BCUT2D eigenvalue weighted by atomic mass is 16.1. The molecular weight excluding hydrogens is 264 g/mol. The summed E-state index contributed by atoms with van der Waals surface area (Å²) in [6.45, 7) is 0.657. The highest BCUT2D eigenvalue weighted by Crippen LogP contribution is 2.13. The molecule has 0 spiro atoms. The van der Waals surface area contributed by atoms with Gasteiger partial charge in [-0.2, -0.15) is 5.26 Å². The first-order valence-electron chi connectivity index (χ1n) is 6.71. The molecule has 2 rings (SSSR count). The molecule has 0 radical (unpaired) electrons. The number of anilines is 1. The van der Waals surface area contributed by atoms with E-state index in [1.165, 1.54) is 0 Å². The maximum Gasteiger partial charge on any atom is 0.224 e. The van der Waals surface area contributed by atoms with Crippen LogP contribution in [-0.2, 0) is 24.8 Å². The Balaban J connectivity index is 1.94. The summed E-state index contributed by atoms with van der Waals surface area (Å²) >= 11 is 0. The van der Waals surface area contributed by atoms with Gasteiger partial charge in [-0.1, -0.05) is 12.1 Å². The summed E-state index contributed by atoms with van der Waals surface area (Å²) in [6.07, 6.45) is 2.33. The molecule has 0 saturated carbocycles. The van der Waals surface area contributed by atoms with Crippen molar-refractivity contribution in [3.8, 4) is 6.07 Å². The molecule has 5 heteroatoms. The first kappa shape index (κ1) is 14.7. The van der Waals surface area contributed by atoms with Crippen LogP contribution in [0.15, 0.2) is 36.5 Å². The van der Waals surface area contributed by atoms with E-state index in [2.05, 4.69) is 16.7 Å². The number of carbonyl (C=O) groups excluding carboxylic acids is 1. The van der Waals surface area contributed by atoms with Crippen LogP contribution in [-0.4, -0.2) is 17.5 Å². The third-order valence-electron chi connectivity index (χ3n) is 3.27. The van der Waals surface area contributed by atoms with Crippen LogP contribution in [0.3, 0.4) is 0 Å². The van der Waals surface area contributed by atoms with Crippen LogP contribution < -0.4 is 10.6 Å². The lowest BCUT2D eigenvalue weighted by Crippen LogP contribution is -2.19. The minimum Gasteiger partial charge on any atom is -0.381 e. The van der Waals surface area contributed by atoms with Crippen molar-refractivity contribution in [1.82, 2.24) is 9.88 Å². The molecule has 0 aliphatic rings. The first-order chi connectivity index (χ1) is 10.1. The van der Waals surface area contributed by atoms with Gasteiger partial charge >= 0.3 is 0 Å². The van der Waals surface area contributed by atoms with Crippen LogP contribution in [0.4, 0.5) is 5.69 Å². The third kappa shape index (κ3) is 3.86. The van der Waals surface area contributed by atoms with E-state index in [9.17, 15) is 4.79 Å². The highest BCUT2D eigenvalue weighted by Gasteiger charge is 2.03. The SMILES string of the molecule is CNC(=O)Cc1ccc(NCc2cc(C#N)n(C)c2)cc1. The monoisotopic (exact) mass is 282 g/mol. The molecule has 1 aromatic carbocycles. The lowest BCUT2D eigenvalue weighted by Gasteiger charge is -2.06. The second kappa shape index (κ2) is 6.62. The zero-order chi connectivity index (χ0) is 15.2. The van der Waals surface area contributed by atoms with Gasteiger partial charge in [0.2, 0.25) is 5.91 Å². The van der Waals surface area contributed by atoms with E-state index >= 15 is 0 Å². The van der Waals surface area contributed by atoms with Crippen molar-refractivity contribution >= 4 is 11.6 Å². The lowest BCUT2D eigenvalue weighted by molar-refractivity contribution is -0.119. The third-order valence-corrected chi connectivity index (χ3v) is 3.27. The maximum absolute atomic E-state index is 11.3. The summed E-state index contributed by atoms with van der Waals surface area (Å²) < 4.78 is 1.81. The standard InChI is InChI=1S/C16H18N4O/c1-18-16(21)8-12-3-5-14(6-4-12)19-10-13-7-15(9-17)20(2)11-13/h3-7,11,19H,8,10H2,1-2H3,(H,18,21). The Morgan fingerprint density at radius 3 is 2.57 bits per heavy atom. The number of aryl methyl sites for hydroxylation is 1. The van der Waals surface area contributed by atoms with Gasteiger partial charge in [-0.25, -0.2) is 0 Å². The van der Waals surface area contributed by atoms with Gasteiger partial charge in [-0.05, 0) is 29.3 Å². The van der Waals surface area contributed by atoms with Crippen molar-refractivity contribution in [2.75, 3.05) is 12.4 Å². The number of nitrogens with one attached hydrogen (secondary N) is 2. The predicted molar refractivity (Wildman–Crippen MR) is 81.7 cm³/mol. The fourth-order valence-electron chi connectivity index (χ4n) is 2.06. The van der Waals surface area contributed by atoms with E-state index in [1.807, 2.05) is 48.1 Å². The van der Waals surface area contributed by atoms with Gasteiger partial charge in [-0.15, -0.1) is 0 Å². The number of rotatable bonds is 5. The molecule has 0 unspecified atom stereocenters. The number of nitrogens with zero attached hydrogens (tertiary/aromatic N) is 2. The number of nitriles is 1. The summed E-state index contributed by atoms with van der Waals surface area (Å²) in [5, 5.41) is 14.8. The molecule has 0 atom stereocenters. The van der Waals surface area contributed by atoms with Crippen LogP contribution >= 0.6 is 0 Å².